The molecule has 0 unspecified atom stereocenters. The summed E-state index contributed by atoms with van der Waals surface area (Å²) in [6.07, 6.45) is 0. The van der Waals surface area contributed by atoms with Crippen LogP contribution in [0, 0.1) is 0 Å². The van der Waals surface area contributed by atoms with Crippen molar-refractivity contribution in [1.82, 2.24) is 0 Å². The van der Waals surface area contributed by atoms with Gasteiger partial charge in [0.15, 0.2) is 0 Å². The summed E-state index contributed by atoms with van der Waals surface area (Å²) >= 11 is 0. The Kier molecular flexibility index (Phi) is 5.90. The van der Waals surface area contributed by atoms with Gasteiger partial charge in [-0.3, -0.25) is 4.79 Å². The molecule has 0 fully saturated rings. The minimum Gasteiger partial charge on any atom is -0.366 e. The van der Waals surface area contributed by atoms with Crippen LogP contribution in [0.25, 0.3) is 11.1 Å². The maximum absolute atomic E-state index is 11.3. The van der Waals surface area contributed by atoms with Gasteiger partial charge in [0.1, 0.15) is 0 Å². The zero-order chi connectivity index (χ0) is 20.8. The summed E-state index contributed by atoms with van der Waals surface area (Å²) in [5, 5.41) is 0. The second-order valence-electron chi connectivity index (χ2n) is 7.32. The number of anilines is 1. The van der Waals surface area contributed by atoms with E-state index in [2.05, 4.69) is 77.7 Å². The number of hydrogen-bond donors (Lipinski definition) is 1. The van der Waals surface area contributed by atoms with Crippen LogP contribution in [0.3, 0.4) is 0 Å². The molecule has 1 amide bonds. The number of hydrogen-bond acceptors (Lipinski definition) is 2. The van der Waals surface area contributed by atoms with Gasteiger partial charge in [0.05, 0.1) is 0 Å². The van der Waals surface area contributed by atoms with Crippen molar-refractivity contribution >= 4 is 11.6 Å². The van der Waals surface area contributed by atoms with Crippen molar-refractivity contribution in [3.63, 3.8) is 0 Å². The van der Waals surface area contributed by atoms with E-state index in [1.165, 1.54) is 16.7 Å². The van der Waals surface area contributed by atoms with Crippen LogP contribution in [0.15, 0.2) is 109 Å². The third kappa shape index (κ3) is 4.76. The number of nitrogens with zero attached hydrogens (tertiary/aromatic N) is 1. The highest BCUT2D eigenvalue weighted by molar-refractivity contribution is 5.92. The average Bonchev–Trinajstić information content (AvgIpc) is 2.81. The second kappa shape index (κ2) is 9.10. The van der Waals surface area contributed by atoms with Crippen molar-refractivity contribution < 1.29 is 4.79 Å². The summed E-state index contributed by atoms with van der Waals surface area (Å²) in [7, 11) is 0. The summed E-state index contributed by atoms with van der Waals surface area (Å²) in [4.78, 5) is 13.7. The highest BCUT2D eigenvalue weighted by Crippen LogP contribution is 2.23. The number of amides is 1. The van der Waals surface area contributed by atoms with Gasteiger partial charge in [0.25, 0.3) is 0 Å². The molecule has 4 aromatic carbocycles. The van der Waals surface area contributed by atoms with Gasteiger partial charge in [0.2, 0.25) is 5.91 Å². The number of carbonyl (C=O) groups excluding carboxylic acids is 1. The Morgan fingerprint density at radius 1 is 0.600 bits per heavy atom. The minimum atomic E-state index is -0.403. The van der Waals surface area contributed by atoms with E-state index in [-0.39, 0.29) is 0 Å². The predicted molar refractivity (Wildman–Crippen MR) is 123 cm³/mol. The van der Waals surface area contributed by atoms with Gasteiger partial charge in [-0.1, -0.05) is 84.9 Å². The summed E-state index contributed by atoms with van der Waals surface area (Å²) in [6, 6.07) is 37.0. The predicted octanol–water partition coefficient (Wildman–Crippen LogP) is 5.66. The molecule has 0 radical (unpaired) electrons. The molecule has 0 atom stereocenters. The Bertz CT molecular complexity index is 1090. The molecule has 0 aliphatic rings. The maximum atomic E-state index is 11.3. The summed E-state index contributed by atoms with van der Waals surface area (Å²) < 4.78 is 0. The van der Waals surface area contributed by atoms with E-state index in [1.54, 1.807) is 12.1 Å². The van der Waals surface area contributed by atoms with Crippen LogP contribution in [0.2, 0.25) is 0 Å². The molecule has 0 aliphatic carbocycles. The van der Waals surface area contributed by atoms with E-state index in [9.17, 15) is 4.79 Å². The Labute approximate surface area is 177 Å². The molecule has 3 nitrogen and oxygen atoms in total. The van der Waals surface area contributed by atoms with Crippen LogP contribution < -0.4 is 10.6 Å². The van der Waals surface area contributed by atoms with Crippen molar-refractivity contribution in [2.75, 3.05) is 4.90 Å². The summed E-state index contributed by atoms with van der Waals surface area (Å²) in [5.41, 5.74) is 11.9. The highest BCUT2D eigenvalue weighted by atomic mass is 16.1. The number of nitrogens with two attached hydrogens (primary N) is 1. The third-order valence-corrected chi connectivity index (χ3v) is 5.17. The first-order valence-corrected chi connectivity index (χ1v) is 10.0. The number of rotatable bonds is 7. The fourth-order valence-corrected chi connectivity index (χ4v) is 3.53. The standard InChI is InChI=1S/C27H24N2O/c28-27(30)25-17-13-22(14-18-25)20-29(26-9-5-2-6-10-26)19-21-11-15-24(16-12-21)23-7-3-1-4-8-23/h1-18H,19-20H2,(H2,28,30). The van der Waals surface area contributed by atoms with Crippen LogP contribution in [0.4, 0.5) is 5.69 Å². The Hall–Kier alpha value is -3.85. The first-order chi connectivity index (χ1) is 14.7. The van der Waals surface area contributed by atoms with Gasteiger partial charge < -0.3 is 10.6 Å². The first-order valence-electron chi connectivity index (χ1n) is 10.0. The largest absolute Gasteiger partial charge is 0.366 e. The van der Waals surface area contributed by atoms with E-state index in [0.717, 1.165) is 24.3 Å². The molecule has 2 N–H and O–H groups in total. The molecule has 0 spiro atoms. The molecule has 0 aromatic heterocycles. The summed E-state index contributed by atoms with van der Waals surface area (Å²) in [5.74, 6) is -0.403. The van der Waals surface area contributed by atoms with Gasteiger partial charge in [-0.05, 0) is 46.5 Å². The fraction of sp³-hybridized carbons (Fsp3) is 0.0741. The van der Waals surface area contributed by atoms with Crippen LogP contribution in [0.1, 0.15) is 21.5 Å². The number of primary amides is 1. The molecule has 0 saturated heterocycles. The quantitative estimate of drug-likeness (QED) is 0.441. The van der Waals surface area contributed by atoms with Gasteiger partial charge in [-0.2, -0.15) is 0 Å². The minimum absolute atomic E-state index is 0.403. The van der Waals surface area contributed by atoms with Crippen molar-refractivity contribution in [1.29, 1.82) is 0 Å². The molecule has 0 bridgehead atoms. The van der Waals surface area contributed by atoms with E-state index in [4.69, 9.17) is 5.73 Å². The summed E-state index contributed by atoms with van der Waals surface area (Å²) in [6.45, 7) is 1.53. The van der Waals surface area contributed by atoms with Crippen LogP contribution >= 0.6 is 0 Å². The number of benzene rings is 4. The molecule has 4 aromatic rings. The van der Waals surface area contributed by atoms with Gasteiger partial charge in [-0.15, -0.1) is 0 Å². The fourth-order valence-electron chi connectivity index (χ4n) is 3.53. The zero-order valence-corrected chi connectivity index (χ0v) is 16.7. The molecular formula is C27H24N2O. The Morgan fingerprint density at radius 3 is 1.60 bits per heavy atom. The first kappa shape index (κ1) is 19.5. The third-order valence-electron chi connectivity index (χ3n) is 5.17. The molecule has 0 saturated carbocycles. The zero-order valence-electron chi connectivity index (χ0n) is 16.7. The molecule has 30 heavy (non-hydrogen) atoms. The SMILES string of the molecule is NC(=O)c1ccc(CN(Cc2ccc(-c3ccccc3)cc2)c2ccccc2)cc1. The van der Waals surface area contributed by atoms with E-state index in [0.29, 0.717) is 5.56 Å². The van der Waals surface area contributed by atoms with Gasteiger partial charge >= 0.3 is 0 Å². The highest BCUT2D eigenvalue weighted by Gasteiger charge is 2.10. The smallest absolute Gasteiger partial charge is 0.248 e. The number of carbonyl (C=O) groups is 1. The molecule has 0 heterocycles. The van der Waals surface area contributed by atoms with Crippen molar-refractivity contribution in [2.45, 2.75) is 13.1 Å². The molecule has 148 valence electrons. The molecule has 4 rings (SSSR count). The lowest BCUT2D eigenvalue weighted by atomic mass is 10.0. The van der Waals surface area contributed by atoms with Crippen molar-refractivity contribution in [2.24, 2.45) is 5.73 Å². The second-order valence-corrected chi connectivity index (χ2v) is 7.32. The molecule has 0 aliphatic heterocycles. The van der Waals surface area contributed by atoms with E-state index in [1.807, 2.05) is 24.3 Å². The lowest BCUT2D eigenvalue weighted by molar-refractivity contribution is 0.100. The average molecular weight is 393 g/mol. The van der Waals surface area contributed by atoms with E-state index < -0.39 is 5.91 Å². The van der Waals surface area contributed by atoms with Crippen LogP contribution in [0.5, 0.6) is 0 Å². The lowest BCUT2D eigenvalue weighted by Crippen LogP contribution is -2.22. The normalized spacial score (nSPS) is 10.5. The molecular weight excluding hydrogens is 368 g/mol. The lowest BCUT2D eigenvalue weighted by Gasteiger charge is -2.25. The maximum Gasteiger partial charge on any atom is 0.248 e. The van der Waals surface area contributed by atoms with Crippen molar-refractivity contribution in [3.8, 4) is 11.1 Å². The van der Waals surface area contributed by atoms with Crippen LogP contribution in [-0.2, 0) is 13.1 Å². The molecule has 3 heteroatoms. The van der Waals surface area contributed by atoms with E-state index >= 15 is 0 Å². The Balaban J connectivity index is 1.55. The van der Waals surface area contributed by atoms with Crippen molar-refractivity contribution in [3.05, 3.63) is 126 Å². The monoisotopic (exact) mass is 392 g/mol. The van der Waals surface area contributed by atoms with Crippen LogP contribution in [-0.4, -0.2) is 5.91 Å². The van der Waals surface area contributed by atoms with Gasteiger partial charge in [0, 0.05) is 24.3 Å². The van der Waals surface area contributed by atoms with Gasteiger partial charge in [-0.25, -0.2) is 0 Å². The Morgan fingerprint density at radius 2 is 1.07 bits per heavy atom. The number of para-hydroxylation sites is 1. The topological polar surface area (TPSA) is 46.3 Å².